The van der Waals surface area contributed by atoms with E-state index in [1.807, 2.05) is 42.5 Å². The number of aliphatic hydroxyl groups excluding tert-OH is 1. The van der Waals surface area contributed by atoms with E-state index in [9.17, 15) is 18.3 Å². The summed E-state index contributed by atoms with van der Waals surface area (Å²) in [6.45, 7) is 4.91. The molecular formula is C41H62N2O4S. The standard InChI is InChI=1S/C41H62N2O4S/c1-3-5-7-9-11-12-13-14-16-23-34-43(41(45)39-31-24-26-35-25-21-22-30-38(35)39)40(44)33-32-36(27-18-15-10-8-6-4-2)42-48(46,47)37-28-19-17-20-29-37/h17,19-22,24-26,28-31,36,40,42,44H,3-16,18,23,27,32-34H2,1-2H3. The number of fused-ring (bicyclic) bond motifs is 1. The molecule has 3 rings (SSSR count). The molecule has 7 heteroatoms. The van der Waals surface area contributed by atoms with E-state index in [4.69, 9.17) is 0 Å². The van der Waals surface area contributed by atoms with Crippen LogP contribution in [0.1, 0.15) is 146 Å². The quantitative estimate of drug-likeness (QED) is 0.0653. The van der Waals surface area contributed by atoms with Crippen molar-refractivity contribution in [3.8, 4) is 0 Å². The van der Waals surface area contributed by atoms with Gasteiger partial charge in [0.1, 0.15) is 6.23 Å². The van der Waals surface area contributed by atoms with Crippen LogP contribution >= 0.6 is 0 Å². The Morgan fingerprint density at radius 2 is 1.19 bits per heavy atom. The van der Waals surface area contributed by atoms with E-state index >= 15 is 0 Å². The van der Waals surface area contributed by atoms with Gasteiger partial charge < -0.3 is 10.0 Å². The van der Waals surface area contributed by atoms with Crippen molar-refractivity contribution in [1.82, 2.24) is 9.62 Å². The van der Waals surface area contributed by atoms with E-state index in [-0.39, 0.29) is 16.8 Å². The number of benzene rings is 3. The highest BCUT2D eigenvalue weighted by Gasteiger charge is 2.26. The van der Waals surface area contributed by atoms with Gasteiger partial charge in [0, 0.05) is 18.2 Å². The van der Waals surface area contributed by atoms with E-state index in [2.05, 4.69) is 18.6 Å². The molecule has 266 valence electrons. The Morgan fingerprint density at radius 3 is 1.83 bits per heavy atom. The Labute approximate surface area is 291 Å². The number of nitrogens with one attached hydrogen (secondary N) is 1. The van der Waals surface area contributed by atoms with Gasteiger partial charge in [-0.2, -0.15) is 0 Å². The number of amides is 1. The maximum atomic E-state index is 14.1. The predicted octanol–water partition coefficient (Wildman–Crippen LogP) is 10.4. The lowest BCUT2D eigenvalue weighted by atomic mass is 10.0. The van der Waals surface area contributed by atoms with Crippen LogP contribution in [-0.4, -0.2) is 43.1 Å². The maximum Gasteiger partial charge on any atom is 0.256 e. The number of aliphatic hydroxyl groups is 1. The summed E-state index contributed by atoms with van der Waals surface area (Å²) in [5, 5.41) is 13.5. The molecule has 0 aliphatic heterocycles. The first kappa shape index (κ1) is 39.7. The minimum atomic E-state index is -3.71. The number of unbranched alkanes of at least 4 members (excludes halogenated alkanes) is 14. The molecule has 6 nitrogen and oxygen atoms in total. The minimum absolute atomic E-state index is 0.174. The molecule has 0 bridgehead atoms. The van der Waals surface area contributed by atoms with Crippen molar-refractivity contribution in [2.75, 3.05) is 6.54 Å². The highest BCUT2D eigenvalue weighted by atomic mass is 32.2. The van der Waals surface area contributed by atoms with E-state index in [1.165, 1.54) is 64.2 Å². The molecule has 3 aromatic carbocycles. The molecule has 2 N–H and O–H groups in total. The SMILES string of the molecule is CCCCCCCCCCCCN(C(=O)c1cccc2ccccc12)C(O)CCC(CCCCCCCC)NS(=O)(=O)c1ccccc1. The summed E-state index contributed by atoms with van der Waals surface area (Å²) in [4.78, 5) is 16.0. The molecule has 0 aliphatic rings. The van der Waals surface area contributed by atoms with Crippen LogP contribution < -0.4 is 4.72 Å². The third-order valence-electron chi connectivity index (χ3n) is 9.45. The number of hydrogen-bond acceptors (Lipinski definition) is 4. The largest absolute Gasteiger partial charge is 0.374 e. The molecule has 0 aliphatic carbocycles. The Hall–Kier alpha value is -2.74. The third-order valence-corrected chi connectivity index (χ3v) is 11.0. The van der Waals surface area contributed by atoms with Gasteiger partial charge in [-0.15, -0.1) is 0 Å². The Morgan fingerprint density at radius 1 is 0.646 bits per heavy atom. The van der Waals surface area contributed by atoms with E-state index in [1.54, 1.807) is 35.2 Å². The first-order valence-electron chi connectivity index (χ1n) is 18.9. The van der Waals surface area contributed by atoms with Crippen molar-refractivity contribution in [2.24, 2.45) is 0 Å². The fourth-order valence-corrected chi connectivity index (χ4v) is 7.87. The van der Waals surface area contributed by atoms with Gasteiger partial charge in [0.15, 0.2) is 0 Å². The average molecular weight is 679 g/mol. The molecule has 0 spiro atoms. The number of nitrogens with zero attached hydrogens (tertiary/aromatic N) is 1. The van der Waals surface area contributed by atoms with Crippen LogP contribution in [0.5, 0.6) is 0 Å². The minimum Gasteiger partial charge on any atom is -0.374 e. The van der Waals surface area contributed by atoms with Gasteiger partial charge in [-0.3, -0.25) is 4.79 Å². The fraction of sp³-hybridized carbons (Fsp3) is 0.585. The Bertz CT molecular complexity index is 1410. The smallest absolute Gasteiger partial charge is 0.256 e. The zero-order valence-electron chi connectivity index (χ0n) is 29.8. The van der Waals surface area contributed by atoms with Crippen LogP contribution in [0.25, 0.3) is 10.8 Å². The summed E-state index contributed by atoms with van der Waals surface area (Å²) in [5.41, 5.74) is 0.590. The summed E-state index contributed by atoms with van der Waals surface area (Å²) in [6, 6.07) is 21.8. The first-order chi connectivity index (χ1) is 23.4. The molecule has 0 fully saturated rings. The lowest BCUT2D eigenvalue weighted by molar-refractivity contribution is 0.000698. The van der Waals surface area contributed by atoms with Crippen molar-refractivity contribution in [2.45, 2.75) is 153 Å². The van der Waals surface area contributed by atoms with Gasteiger partial charge in [0.25, 0.3) is 5.91 Å². The fourth-order valence-electron chi connectivity index (χ4n) is 6.55. The lowest BCUT2D eigenvalue weighted by Gasteiger charge is -2.30. The number of sulfonamides is 1. The molecule has 48 heavy (non-hydrogen) atoms. The lowest BCUT2D eigenvalue weighted by Crippen LogP contribution is -2.42. The summed E-state index contributed by atoms with van der Waals surface area (Å²) in [6.07, 6.45) is 19.1. The van der Waals surface area contributed by atoms with E-state index < -0.39 is 16.3 Å². The van der Waals surface area contributed by atoms with Crippen molar-refractivity contribution in [3.63, 3.8) is 0 Å². The van der Waals surface area contributed by atoms with Crippen molar-refractivity contribution in [3.05, 3.63) is 78.4 Å². The Kier molecular flexibility index (Phi) is 18.9. The van der Waals surface area contributed by atoms with Crippen LogP contribution in [0.15, 0.2) is 77.7 Å². The van der Waals surface area contributed by atoms with Crippen LogP contribution in [0.2, 0.25) is 0 Å². The number of rotatable bonds is 26. The molecule has 3 aromatic rings. The van der Waals surface area contributed by atoms with Crippen LogP contribution in [-0.2, 0) is 10.0 Å². The zero-order valence-corrected chi connectivity index (χ0v) is 30.6. The van der Waals surface area contributed by atoms with Crippen molar-refractivity contribution < 1.29 is 18.3 Å². The molecular weight excluding hydrogens is 617 g/mol. The van der Waals surface area contributed by atoms with Gasteiger partial charge in [0.2, 0.25) is 10.0 Å². The van der Waals surface area contributed by atoms with Gasteiger partial charge in [-0.25, -0.2) is 13.1 Å². The topological polar surface area (TPSA) is 86.7 Å². The van der Waals surface area contributed by atoms with Crippen molar-refractivity contribution in [1.29, 1.82) is 0 Å². The second-order valence-electron chi connectivity index (χ2n) is 13.5. The summed E-state index contributed by atoms with van der Waals surface area (Å²) < 4.78 is 29.5. The number of hydrogen-bond donors (Lipinski definition) is 2. The molecule has 0 radical (unpaired) electrons. The molecule has 0 aromatic heterocycles. The van der Waals surface area contributed by atoms with Crippen LogP contribution in [0, 0.1) is 0 Å². The molecule has 1 amide bonds. The molecule has 0 saturated heterocycles. The van der Waals surface area contributed by atoms with Gasteiger partial charge in [-0.1, -0.05) is 165 Å². The van der Waals surface area contributed by atoms with Gasteiger partial charge in [-0.05, 0) is 54.7 Å². The average Bonchev–Trinajstić information content (AvgIpc) is 3.10. The highest BCUT2D eigenvalue weighted by Crippen LogP contribution is 2.23. The molecule has 0 saturated carbocycles. The monoisotopic (exact) mass is 678 g/mol. The summed E-state index contributed by atoms with van der Waals surface area (Å²) in [5.74, 6) is -0.174. The highest BCUT2D eigenvalue weighted by molar-refractivity contribution is 7.89. The van der Waals surface area contributed by atoms with Gasteiger partial charge >= 0.3 is 0 Å². The first-order valence-corrected chi connectivity index (χ1v) is 20.4. The maximum absolute atomic E-state index is 14.1. The van der Waals surface area contributed by atoms with Gasteiger partial charge in [0.05, 0.1) is 4.90 Å². The second kappa shape index (κ2) is 22.8. The molecule has 2 unspecified atom stereocenters. The third kappa shape index (κ3) is 14.0. The van der Waals surface area contributed by atoms with Crippen molar-refractivity contribution >= 4 is 26.7 Å². The normalized spacial score (nSPS) is 13.1. The van der Waals surface area contributed by atoms with E-state index in [0.717, 1.165) is 49.3 Å². The zero-order chi connectivity index (χ0) is 34.5. The second-order valence-corrected chi connectivity index (χ2v) is 15.2. The van der Waals surface area contributed by atoms with Crippen LogP contribution in [0.4, 0.5) is 0 Å². The molecule has 2 atom stereocenters. The Balaban J connectivity index is 1.68. The summed E-state index contributed by atoms with van der Waals surface area (Å²) in [7, 11) is -3.71. The van der Waals surface area contributed by atoms with Crippen LogP contribution in [0.3, 0.4) is 0 Å². The summed E-state index contributed by atoms with van der Waals surface area (Å²) >= 11 is 0. The number of carbonyl (C=O) groups is 1. The van der Waals surface area contributed by atoms with E-state index in [0.29, 0.717) is 31.4 Å². The molecule has 0 heterocycles. The number of carbonyl (C=O) groups excluding carboxylic acids is 1. The predicted molar refractivity (Wildman–Crippen MR) is 201 cm³/mol.